The molecule has 5 heteroatoms. The van der Waals surface area contributed by atoms with Crippen molar-refractivity contribution in [3.05, 3.63) is 45.8 Å². The summed E-state index contributed by atoms with van der Waals surface area (Å²) in [6.07, 6.45) is 0.648. The Morgan fingerprint density at radius 3 is 2.09 bits per heavy atom. The summed E-state index contributed by atoms with van der Waals surface area (Å²) in [6, 6.07) is 7.66. The molecule has 5 nitrogen and oxygen atoms in total. The first-order valence-corrected chi connectivity index (χ1v) is 7.93. The number of hydrogen-bond donors (Lipinski definition) is 1. The number of rotatable bonds is 6. The summed E-state index contributed by atoms with van der Waals surface area (Å²) in [7, 11) is 0. The summed E-state index contributed by atoms with van der Waals surface area (Å²) < 4.78 is 0. The first kappa shape index (κ1) is 19.2. The fraction of sp³-hybridized carbons (Fsp3) is 0.611. The highest BCUT2D eigenvalue weighted by Crippen LogP contribution is 2.21. The zero-order valence-electron chi connectivity index (χ0n) is 15.1. The third-order valence-electron chi connectivity index (χ3n) is 3.44. The smallest absolute Gasteiger partial charge is 0.155 e. The lowest BCUT2D eigenvalue weighted by Crippen LogP contribution is -2.51. The molecule has 1 aromatic rings. The van der Waals surface area contributed by atoms with E-state index in [9.17, 15) is 4.79 Å². The van der Waals surface area contributed by atoms with Gasteiger partial charge in [-0.2, -0.15) is 0 Å². The Bertz CT molecular complexity index is 573. The van der Waals surface area contributed by atoms with Gasteiger partial charge in [-0.15, -0.1) is 0 Å². The van der Waals surface area contributed by atoms with Crippen LogP contribution in [0.2, 0.25) is 0 Å². The lowest BCUT2D eigenvalue weighted by atomic mass is 9.83. The van der Waals surface area contributed by atoms with Crippen LogP contribution in [-0.4, -0.2) is 17.4 Å². The third kappa shape index (κ3) is 6.85. The number of benzene rings is 1. The molecule has 0 fully saturated rings. The van der Waals surface area contributed by atoms with Crippen molar-refractivity contribution in [3.8, 4) is 0 Å². The Morgan fingerprint density at radius 1 is 1.13 bits per heavy atom. The lowest BCUT2D eigenvalue weighted by molar-refractivity contribution is -0.128. The largest absolute Gasteiger partial charge is 0.302 e. The van der Waals surface area contributed by atoms with Crippen LogP contribution in [0.5, 0.6) is 0 Å². The van der Waals surface area contributed by atoms with Crippen LogP contribution < -0.4 is 5.32 Å². The van der Waals surface area contributed by atoms with Crippen molar-refractivity contribution < 1.29 is 4.79 Å². The van der Waals surface area contributed by atoms with E-state index in [0.29, 0.717) is 13.0 Å². The van der Waals surface area contributed by atoms with Crippen molar-refractivity contribution >= 4 is 5.78 Å². The first-order chi connectivity index (χ1) is 10.5. The SMILES string of the molecule is CC(C)(C)N[C@@H](Cc1ccc(CN=[N+]=[N-])cc1)C(=O)C(C)(C)C. The summed E-state index contributed by atoms with van der Waals surface area (Å²) >= 11 is 0. The normalized spacial score (nSPS) is 13.3. The monoisotopic (exact) mass is 316 g/mol. The van der Waals surface area contributed by atoms with Crippen LogP contribution in [0.1, 0.15) is 52.7 Å². The van der Waals surface area contributed by atoms with E-state index in [4.69, 9.17) is 5.53 Å². The number of hydrogen-bond acceptors (Lipinski definition) is 3. The average Bonchev–Trinajstić information content (AvgIpc) is 2.42. The van der Waals surface area contributed by atoms with E-state index in [1.165, 1.54) is 0 Å². The van der Waals surface area contributed by atoms with E-state index in [2.05, 4.69) is 36.1 Å². The van der Waals surface area contributed by atoms with Gasteiger partial charge in [-0.25, -0.2) is 0 Å². The molecule has 0 heterocycles. The number of nitrogens with zero attached hydrogens (tertiary/aromatic N) is 3. The highest BCUT2D eigenvalue weighted by Gasteiger charge is 2.31. The van der Waals surface area contributed by atoms with E-state index in [1.807, 2.05) is 45.0 Å². The number of azide groups is 1. The van der Waals surface area contributed by atoms with E-state index in [-0.39, 0.29) is 22.8 Å². The van der Waals surface area contributed by atoms with Crippen molar-refractivity contribution in [2.75, 3.05) is 0 Å². The minimum absolute atomic E-state index is 0.132. The van der Waals surface area contributed by atoms with Gasteiger partial charge in [0.25, 0.3) is 0 Å². The molecule has 1 atom stereocenters. The predicted octanol–water partition coefficient (Wildman–Crippen LogP) is 4.41. The molecule has 0 saturated heterocycles. The highest BCUT2D eigenvalue weighted by molar-refractivity contribution is 5.89. The van der Waals surface area contributed by atoms with Gasteiger partial charge in [0.1, 0.15) is 0 Å². The van der Waals surface area contributed by atoms with Crippen LogP contribution in [0.3, 0.4) is 0 Å². The molecule has 0 bridgehead atoms. The van der Waals surface area contributed by atoms with Crippen LogP contribution in [0.15, 0.2) is 29.4 Å². The molecule has 1 rings (SSSR count). The van der Waals surface area contributed by atoms with Crippen molar-refractivity contribution in [3.63, 3.8) is 0 Å². The highest BCUT2D eigenvalue weighted by atomic mass is 16.1. The molecular weight excluding hydrogens is 288 g/mol. The molecular formula is C18H28N4O. The maximum absolute atomic E-state index is 12.7. The van der Waals surface area contributed by atoms with E-state index < -0.39 is 0 Å². The van der Waals surface area contributed by atoms with Crippen LogP contribution in [0.25, 0.3) is 10.4 Å². The molecule has 23 heavy (non-hydrogen) atoms. The van der Waals surface area contributed by atoms with Crippen molar-refractivity contribution in [1.29, 1.82) is 0 Å². The summed E-state index contributed by atoms with van der Waals surface area (Å²) in [5.74, 6) is 0.214. The average molecular weight is 316 g/mol. The van der Waals surface area contributed by atoms with Crippen LogP contribution in [-0.2, 0) is 17.8 Å². The maximum atomic E-state index is 12.7. The number of Topliss-reactive ketones (excluding diaryl/α,β-unsaturated/α-hetero) is 1. The van der Waals surface area contributed by atoms with Crippen molar-refractivity contribution in [2.45, 2.75) is 66.1 Å². The van der Waals surface area contributed by atoms with Gasteiger partial charge >= 0.3 is 0 Å². The molecule has 1 N–H and O–H groups in total. The molecule has 0 aliphatic rings. The molecule has 0 amide bonds. The van der Waals surface area contributed by atoms with Gasteiger partial charge in [-0.1, -0.05) is 50.2 Å². The van der Waals surface area contributed by atoms with Gasteiger partial charge in [-0.3, -0.25) is 4.79 Å². The molecule has 1 aromatic carbocycles. The topological polar surface area (TPSA) is 77.9 Å². The second kappa shape index (κ2) is 7.62. The predicted molar refractivity (Wildman–Crippen MR) is 94.1 cm³/mol. The molecule has 0 saturated carbocycles. The Kier molecular flexibility index (Phi) is 6.37. The Hall–Kier alpha value is -1.84. The van der Waals surface area contributed by atoms with Gasteiger partial charge in [0, 0.05) is 15.9 Å². The first-order valence-electron chi connectivity index (χ1n) is 7.93. The van der Waals surface area contributed by atoms with Gasteiger partial charge in [0.2, 0.25) is 0 Å². The van der Waals surface area contributed by atoms with E-state index in [0.717, 1.165) is 11.1 Å². The standard InChI is InChI=1S/C18H28N4O/c1-17(2,3)16(23)15(21-18(4,5)6)11-13-7-9-14(10-8-13)12-20-22-19/h7-10,15,21H,11-12H2,1-6H3/t15-/m0/s1. The van der Waals surface area contributed by atoms with Crippen LogP contribution in [0.4, 0.5) is 0 Å². The Morgan fingerprint density at radius 2 is 1.65 bits per heavy atom. The van der Waals surface area contributed by atoms with Crippen LogP contribution >= 0.6 is 0 Å². The maximum Gasteiger partial charge on any atom is 0.155 e. The fourth-order valence-corrected chi connectivity index (χ4v) is 2.38. The zero-order valence-corrected chi connectivity index (χ0v) is 15.1. The Balaban J connectivity index is 2.92. The molecule has 0 radical (unpaired) electrons. The summed E-state index contributed by atoms with van der Waals surface area (Å²) in [5.41, 5.74) is 9.90. The van der Waals surface area contributed by atoms with Crippen molar-refractivity contribution in [2.24, 2.45) is 10.5 Å². The summed E-state index contributed by atoms with van der Waals surface area (Å²) in [4.78, 5) is 15.5. The number of ketones is 1. The van der Waals surface area contributed by atoms with E-state index >= 15 is 0 Å². The summed E-state index contributed by atoms with van der Waals surface area (Å²) in [6.45, 7) is 12.4. The van der Waals surface area contributed by atoms with Crippen LogP contribution in [0, 0.1) is 5.41 Å². The van der Waals surface area contributed by atoms with Gasteiger partial charge < -0.3 is 5.32 Å². The number of carbonyl (C=O) groups excluding carboxylic acids is 1. The van der Waals surface area contributed by atoms with E-state index in [1.54, 1.807) is 0 Å². The summed E-state index contributed by atoms with van der Waals surface area (Å²) in [5, 5.41) is 7.00. The fourth-order valence-electron chi connectivity index (χ4n) is 2.38. The molecule has 0 unspecified atom stereocenters. The lowest BCUT2D eigenvalue weighted by Gasteiger charge is -2.32. The third-order valence-corrected chi connectivity index (χ3v) is 3.44. The number of nitrogens with one attached hydrogen (secondary N) is 1. The zero-order chi connectivity index (χ0) is 17.7. The molecule has 0 spiro atoms. The second-order valence-electron chi connectivity index (χ2n) is 7.97. The van der Waals surface area contributed by atoms with Gasteiger partial charge in [-0.05, 0) is 43.9 Å². The Labute approximate surface area is 139 Å². The van der Waals surface area contributed by atoms with Crippen molar-refractivity contribution in [1.82, 2.24) is 5.32 Å². The second-order valence-corrected chi connectivity index (χ2v) is 7.97. The number of carbonyl (C=O) groups is 1. The van der Waals surface area contributed by atoms with Gasteiger partial charge in [0.15, 0.2) is 5.78 Å². The minimum atomic E-state index is -0.385. The minimum Gasteiger partial charge on any atom is -0.302 e. The molecule has 0 aliphatic carbocycles. The van der Waals surface area contributed by atoms with Gasteiger partial charge in [0.05, 0.1) is 12.6 Å². The molecule has 0 aromatic heterocycles. The molecule has 126 valence electrons. The molecule has 0 aliphatic heterocycles. The quantitative estimate of drug-likeness (QED) is 0.479.